The van der Waals surface area contributed by atoms with E-state index in [0.717, 1.165) is 18.2 Å². The second-order valence-electron chi connectivity index (χ2n) is 13.3. The van der Waals surface area contributed by atoms with Gasteiger partial charge in [0.25, 0.3) is 11.8 Å². The van der Waals surface area contributed by atoms with Crippen molar-refractivity contribution in [2.24, 2.45) is 0 Å². The number of nitrogens with one attached hydrogen (secondary N) is 1. The molecular weight excluding hydrogens is 640 g/mol. The Bertz CT molecular complexity index is 1740. The van der Waals surface area contributed by atoms with E-state index in [4.69, 9.17) is 9.52 Å². The molecule has 1 aliphatic heterocycles. The Morgan fingerprint density at radius 3 is 2.35 bits per heavy atom. The summed E-state index contributed by atoms with van der Waals surface area (Å²) in [5.74, 6) is -2.44. The fourth-order valence-electron chi connectivity index (χ4n) is 5.30. The van der Waals surface area contributed by atoms with Gasteiger partial charge in [-0.2, -0.15) is 18.3 Å². The predicted molar refractivity (Wildman–Crippen MR) is 182 cm³/mol. The number of benzene rings is 2. The maximum Gasteiger partial charge on any atom is 0.416 e. The zero-order chi connectivity index (χ0) is 35.6. The van der Waals surface area contributed by atoms with Gasteiger partial charge in [-0.25, -0.2) is 9.07 Å². The third-order valence-corrected chi connectivity index (χ3v) is 13.5. The number of aryl methyl sites for hydroxylation is 1. The number of allylic oxidation sites excluding steroid dienone is 4. The lowest BCUT2D eigenvalue weighted by atomic mass is 9.81. The number of para-hydroxylation sites is 1. The average Bonchev–Trinajstić information content (AvgIpc) is 3.37. The lowest BCUT2D eigenvalue weighted by Gasteiger charge is -2.40. The zero-order valence-corrected chi connectivity index (χ0v) is 29.3. The molecule has 0 bridgehead atoms. The molecule has 0 saturated heterocycles. The first-order valence-corrected chi connectivity index (χ1v) is 18.5. The summed E-state index contributed by atoms with van der Waals surface area (Å²) in [4.78, 5) is 29.7. The van der Waals surface area contributed by atoms with Crippen LogP contribution in [-0.4, -0.2) is 49.1 Å². The molecule has 2 amide bonds. The Morgan fingerprint density at radius 2 is 1.75 bits per heavy atom. The molecule has 0 fully saturated rings. The van der Waals surface area contributed by atoms with Crippen molar-refractivity contribution >= 4 is 25.9 Å². The van der Waals surface area contributed by atoms with Gasteiger partial charge in [-0.3, -0.25) is 14.5 Å². The van der Waals surface area contributed by atoms with E-state index < -0.39 is 49.7 Å². The number of aromatic nitrogens is 2. The summed E-state index contributed by atoms with van der Waals surface area (Å²) in [5.41, 5.74) is 0.798. The highest BCUT2D eigenvalue weighted by atomic mass is 28.4. The fraction of sp³-hybridized carbons (Fsp3) is 0.361. The number of carbonyl (C=O) groups is 2. The van der Waals surface area contributed by atoms with E-state index in [-0.39, 0.29) is 23.8 Å². The minimum Gasteiger partial charge on any atom is -0.415 e. The molecule has 0 spiro atoms. The zero-order valence-electron chi connectivity index (χ0n) is 28.3. The second-order valence-corrected chi connectivity index (χ2v) is 18.1. The molecule has 3 aromatic rings. The molecule has 2 aromatic carbocycles. The van der Waals surface area contributed by atoms with Gasteiger partial charge in [0.15, 0.2) is 8.32 Å². The van der Waals surface area contributed by atoms with E-state index in [2.05, 4.69) is 45.8 Å². The number of halogens is 4. The number of fused-ring (bicyclic) bond motifs is 1. The number of anilines is 1. The molecule has 256 valence electrons. The van der Waals surface area contributed by atoms with Crippen LogP contribution < -0.4 is 10.2 Å². The standard InChI is InChI=1S/C36H42F4N4O3Si/c1-9-27(37)19-18-23(2)29-30-24(3)42-44(28-16-11-10-12-17-28)33(30)43(20-21-47-48(7,8)35(4,5)6)34(46)31(29)41-32(45)25-14-13-15-26(22-25)36(38,39)40/h9-19,22,29,31H,2,20-21H2,1,3-8H3,(H,41,45)/b19-18-,27-9+/t29-,31-/m0/s1. The van der Waals surface area contributed by atoms with Crippen molar-refractivity contribution in [3.63, 3.8) is 0 Å². The number of amides is 2. The van der Waals surface area contributed by atoms with E-state index in [1.165, 1.54) is 36.1 Å². The minimum atomic E-state index is -4.67. The molecule has 2 heterocycles. The van der Waals surface area contributed by atoms with Gasteiger partial charge in [0.1, 0.15) is 17.7 Å². The summed E-state index contributed by atoms with van der Waals surface area (Å²) in [5, 5.41) is 7.41. The first-order valence-electron chi connectivity index (χ1n) is 15.6. The topological polar surface area (TPSA) is 76.5 Å². The van der Waals surface area contributed by atoms with Gasteiger partial charge in [0.05, 0.1) is 23.6 Å². The van der Waals surface area contributed by atoms with Crippen molar-refractivity contribution in [1.29, 1.82) is 0 Å². The van der Waals surface area contributed by atoms with Crippen LogP contribution in [0.2, 0.25) is 18.1 Å². The molecule has 4 rings (SSSR count). The molecule has 48 heavy (non-hydrogen) atoms. The highest BCUT2D eigenvalue weighted by Crippen LogP contribution is 2.44. The van der Waals surface area contributed by atoms with Crippen LogP contribution in [0.1, 0.15) is 60.8 Å². The summed E-state index contributed by atoms with van der Waals surface area (Å²) in [6.07, 6.45) is -0.782. The molecule has 0 radical (unpaired) electrons. The van der Waals surface area contributed by atoms with Crippen LogP contribution in [0.4, 0.5) is 23.4 Å². The maximum atomic E-state index is 14.6. The largest absolute Gasteiger partial charge is 0.416 e. The molecule has 1 aromatic heterocycles. The molecule has 7 nitrogen and oxygen atoms in total. The molecule has 0 aliphatic carbocycles. The van der Waals surface area contributed by atoms with Gasteiger partial charge in [0.2, 0.25) is 0 Å². The SMILES string of the molecule is C=C(/C=C\C(F)=C/C)[C@H]1c2c(C)nn(-c3ccccc3)c2N(CCO[Si](C)(C)C(C)(C)C)C(=O)[C@H]1NC(=O)c1cccc(C(F)(F)F)c1. The van der Waals surface area contributed by atoms with Gasteiger partial charge in [-0.1, -0.05) is 63.8 Å². The lowest BCUT2D eigenvalue weighted by molar-refractivity contribution is -0.137. The Labute approximate surface area is 280 Å². The van der Waals surface area contributed by atoms with Crippen LogP contribution in [0, 0.1) is 6.92 Å². The van der Waals surface area contributed by atoms with Crippen LogP contribution >= 0.6 is 0 Å². The number of rotatable bonds is 10. The summed E-state index contributed by atoms with van der Waals surface area (Å²) in [6, 6.07) is 11.9. The normalized spacial score (nSPS) is 17.5. The minimum absolute atomic E-state index is 0.0920. The number of nitrogens with zero attached hydrogens (tertiary/aromatic N) is 3. The Morgan fingerprint density at radius 1 is 1.08 bits per heavy atom. The van der Waals surface area contributed by atoms with E-state index in [1.807, 2.05) is 30.3 Å². The van der Waals surface area contributed by atoms with Crippen molar-refractivity contribution < 1.29 is 31.6 Å². The summed E-state index contributed by atoms with van der Waals surface area (Å²) >= 11 is 0. The molecule has 0 unspecified atom stereocenters. The molecule has 0 saturated carbocycles. The number of carbonyl (C=O) groups excluding carboxylic acids is 2. The van der Waals surface area contributed by atoms with Gasteiger partial charge in [-0.15, -0.1) is 0 Å². The Kier molecular flexibility index (Phi) is 10.7. The van der Waals surface area contributed by atoms with Gasteiger partial charge < -0.3 is 9.74 Å². The smallest absolute Gasteiger partial charge is 0.415 e. The first-order chi connectivity index (χ1) is 22.4. The van der Waals surface area contributed by atoms with Crippen LogP contribution in [0.3, 0.4) is 0 Å². The summed E-state index contributed by atoms with van der Waals surface area (Å²) < 4.78 is 62.9. The van der Waals surface area contributed by atoms with Gasteiger partial charge >= 0.3 is 6.18 Å². The quantitative estimate of drug-likeness (QED) is 0.132. The first kappa shape index (κ1) is 36.5. The fourth-order valence-corrected chi connectivity index (χ4v) is 6.33. The van der Waals surface area contributed by atoms with Crippen molar-refractivity contribution in [3.8, 4) is 5.69 Å². The second kappa shape index (κ2) is 14.1. The van der Waals surface area contributed by atoms with E-state index in [9.17, 15) is 27.2 Å². The monoisotopic (exact) mass is 682 g/mol. The van der Waals surface area contributed by atoms with Gasteiger partial charge in [0, 0.05) is 23.6 Å². The van der Waals surface area contributed by atoms with Crippen LogP contribution in [0.5, 0.6) is 0 Å². The molecule has 1 aliphatic rings. The Hall–Kier alpha value is -4.29. The van der Waals surface area contributed by atoms with E-state index in [0.29, 0.717) is 28.3 Å². The van der Waals surface area contributed by atoms with Crippen molar-refractivity contribution in [3.05, 3.63) is 113 Å². The molecule has 12 heteroatoms. The highest BCUT2D eigenvalue weighted by Gasteiger charge is 2.46. The van der Waals surface area contributed by atoms with Crippen LogP contribution in [0.15, 0.2) is 90.8 Å². The predicted octanol–water partition coefficient (Wildman–Crippen LogP) is 8.44. The van der Waals surface area contributed by atoms with Crippen LogP contribution in [0.25, 0.3) is 5.69 Å². The number of alkyl halides is 3. The molecular formula is C36H42F4N4O3Si. The summed E-state index contributed by atoms with van der Waals surface area (Å²) in [7, 11) is -2.23. The van der Waals surface area contributed by atoms with Gasteiger partial charge in [-0.05, 0) is 74.0 Å². The third kappa shape index (κ3) is 7.71. The third-order valence-electron chi connectivity index (χ3n) is 8.97. The van der Waals surface area contributed by atoms with Crippen molar-refractivity contribution in [1.82, 2.24) is 15.1 Å². The molecule has 1 N–H and O–H groups in total. The number of hydrogen-bond acceptors (Lipinski definition) is 4. The lowest BCUT2D eigenvalue weighted by Crippen LogP contribution is -2.56. The molecule has 2 atom stereocenters. The van der Waals surface area contributed by atoms with Crippen molar-refractivity contribution in [2.75, 3.05) is 18.1 Å². The maximum absolute atomic E-state index is 14.6. The Balaban J connectivity index is 1.87. The van der Waals surface area contributed by atoms with Crippen LogP contribution in [-0.2, 0) is 15.4 Å². The van der Waals surface area contributed by atoms with E-state index >= 15 is 0 Å². The van der Waals surface area contributed by atoms with E-state index in [1.54, 1.807) is 11.6 Å². The van der Waals surface area contributed by atoms with Crippen molar-refractivity contribution in [2.45, 2.75) is 70.9 Å². The summed E-state index contributed by atoms with van der Waals surface area (Å²) in [6.45, 7) is 18.3. The highest BCUT2D eigenvalue weighted by molar-refractivity contribution is 6.74. The number of hydrogen-bond donors (Lipinski definition) is 1. The average molecular weight is 683 g/mol.